The van der Waals surface area contributed by atoms with E-state index in [-0.39, 0.29) is 24.5 Å². The number of carbonyl (C=O) groups excluding carboxylic acids is 2. The third-order valence-electron chi connectivity index (χ3n) is 5.37. The van der Waals surface area contributed by atoms with Gasteiger partial charge in [-0.05, 0) is 50.5 Å². The molecule has 1 aromatic heterocycles. The Balaban J connectivity index is 2.12. The predicted octanol–water partition coefficient (Wildman–Crippen LogP) is 4.66. The fourth-order valence-corrected chi connectivity index (χ4v) is 3.37. The second-order valence-electron chi connectivity index (χ2n) is 7.94. The zero-order chi connectivity index (χ0) is 22.1. The first-order valence-corrected chi connectivity index (χ1v) is 10.9. The molecular weight excluding hydrogens is 376 g/mol. The molecule has 0 fully saturated rings. The van der Waals surface area contributed by atoms with Gasteiger partial charge in [-0.15, -0.1) is 0 Å². The van der Waals surface area contributed by atoms with Crippen molar-refractivity contribution in [2.45, 2.75) is 59.5 Å². The van der Waals surface area contributed by atoms with Crippen LogP contribution in [-0.4, -0.2) is 45.4 Å². The summed E-state index contributed by atoms with van der Waals surface area (Å²) >= 11 is 0. The number of amides is 3. The van der Waals surface area contributed by atoms with E-state index in [0.29, 0.717) is 13.1 Å². The average molecular weight is 413 g/mol. The number of nitrogens with one attached hydrogen (secondary N) is 1. The van der Waals surface area contributed by atoms with Crippen molar-refractivity contribution in [3.8, 4) is 0 Å². The minimum Gasteiger partial charge on any atom is -0.353 e. The molecule has 0 aliphatic heterocycles. The number of carbonyl (C=O) groups is 2. The highest BCUT2D eigenvalue weighted by Gasteiger charge is 2.24. The monoisotopic (exact) mass is 412 g/mol. The Morgan fingerprint density at radius 2 is 1.83 bits per heavy atom. The van der Waals surface area contributed by atoms with Crippen LogP contribution in [0.1, 0.15) is 51.8 Å². The fourth-order valence-electron chi connectivity index (χ4n) is 3.37. The van der Waals surface area contributed by atoms with E-state index in [4.69, 9.17) is 0 Å². The van der Waals surface area contributed by atoms with E-state index in [0.717, 1.165) is 36.2 Å². The van der Waals surface area contributed by atoms with E-state index in [1.165, 1.54) is 0 Å². The van der Waals surface area contributed by atoms with Crippen LogP contribution in [0.25, 0.3) is 0 Å². The molecule has 30 heavy (non-hydrogen) atoms. The summed E-state index contributed by atoms with van der Waals surface area (Å²) < 4.78 is 2.03. The normalized spacial score (nSPS) is 10.9. The molecule has 1 heterocycles. The summed E-state index contributed by atoms with van der Waals surface area (Å²) in [6, 6.07) is 11.5. The van der Waals surface area contributed by atoms with Crippen LogP contribution < -0.4 is 5.32 Å². The molecule has 164 valence electrons. The highest BCUT2D eigenvalue weighted by Crippen LogP contribution is 2.17. The zero-order valence-electron chi connectivity index (χ0n) is 19.0. The van der Waals surface area contributed by atoms with Gasteiger partial charge in [0.1, 0.15) is 6.54 Å². The molecule has 0 atom stereocenters. The summed E-state index contributed by atoms with van der Waals surface area (Å²) in [4.78, 5) is 29.7. The van der Waals surface area contributed by atoms with Crippen LogP contribution in [0, 0.1) is 0 Å². The van der Waals surface area contributed by atoms with Crippen molar-refractivity contribution in [3.63, 3.8) is 0 Å². The number of rotatable bonds is 10. The first-order valence-electron chi connectivity index (χ1n) is 10.9. The average Bonchev–Trinajstić information content (AvgIpc) is 3.13. The Hall–Kier alpha value is -2.76. The summed E-state index contributed by atoms with van der Waals surface area (Å²) in [5.41, 5.74) is 2.96. The summed E-state index contributed by atoms with van der Waals surface area (Å²) in [6.07, 6.45) is 4.77. The topological polar surface area (TPSA) is 57.6 Å². The molecule has 0 unspecified atom stereocenters. The molecule has 2 rings (SSSR count). The lowest BCUT2D eigenvalue weighted by Gasteiger charge is -2.30. The lowest BCUT2D eigenvalue weighted by atomic mass is 10.1. The molecule has 6 heteroatoms. The van der Waals surface area contributed by atoms with Gasteiger partial charge in [-0.25, -0.2) is 4.79 Å². The number of hydrogen-bond donors (Lipinski definition) is 1. The Kier molecular flexibility index (Phi) is 8.96. The van der Waals surface area contributed by atoms with E-state index in [1.54, 1.807) is 4.90 Å². The third-order valence-corrected chi connectivity index (χ3v) is 5.37. The number of para-hydroxylation sites is 1. The van der Waals surface area contributed by atoms with E-state index >= 15 is 0 Å². The second kappa shape index (κ2) is 11.4. The Morgan fingerprint density at radius 1 is 1.10 bits per heavy atom. The number of anilines is 1. The fraction of sp³-hybridized carbons (Fsp3) is 0.500. The first-order chi connectivity index (χ1) is 14.4. The maximum absolute atomic E-state index is 13.2. The summed E-state index contributed by atoms with van der Waals surface area (Å²) in [6.45, 7) is 9.35. The van der Waals surface area contributed by atoms with Crippen LogP contribution in [-0.2, 0) is 24.8 Å². The molecule has 0 saturated carbocycles. The number of aryl methyl sites for hydroxylation is 2. The Labute approximate surface area is 180 Å². The lowest BCUT2D eigenvalue weighted by Crippen LogP contribution is -2.47. The van der Waals surface area contributed by atoms with E-state index < -0.39 is 0 Å². The molecule has 1 aromatic carbocycles. The van der Waals surface area contributed by atoms with Gasteiger partial charge in [0.25, 0.3) is 0 Å². The molecule has 0 bridgehead atoms. The lowest BCUT2D eigenvalue weighted by molar-refractivity contribution is -0.132. The van der Waals surface area contributed by atoms with Crippen molar-refractivity contribution in [1.82, 2.24) is 14.4 Å². The van der Waals surface area contributed by atoms with Gasteiger partial charge in [0, 0.05) is 37.2 Å². The first kappa shape index (κ1) is 23.5. The standard InChI is InChI=1S/C24H36N4O2/c1-6-8-16-27(17-21-13-11-15-26(21)5)23(29)18-28(19(3)4)24(30)25-22-14-10-9-12-20(22)7-2/h9-15,19H,6-8,16-18H2,1-5H3,(H,25,30). The molecule has 1 N–H and O–H groups in total. The smallest absolute Gasteiger partial charge is 0.322 e. The maximum Gasteiger partial charge on any atom is 0.322 e. The number of aromatic nitrogens is 1. The summed E-state index contributed by atoms with van der Waals surface area (Å²) in [7, 11) is 1.98. The van der Waals surface area contributed by atoms with E-state index in [9.17, 15) is 9.59 Å². The zero-order valence-corrected chi connectivity index (χ0v) is 19.0. The SMILES string of the molecule is CCCCN(Cc1cccn1C)C(=O)CN(C(=O)Nc1ccccc1CC)C(C)C. The molecular formula is C24H36N4O2. The molecule has 0 saturated heterocycles. The number of unbranched alkanes of at least 4 members (excludes halogenated alkanes) is 1. The van der Waals surface area contributed by atoms with Gasteiger partial charge in [-0.2, -0.15) is 0 Å². The van der Waals surface area contributed by atoms with Gasteiger partial charge >= 0.3 is 6.03 Å². The quantitative estimate of drug-likeness (QED) is 0.617. The number of hydrogen-bond acceptors (Lipinski definition) is 2. The molecule has 0 aliphatic carbocycles. The van der Waals surface area contributed by atoms with Crippen LogP contribution in [0.5, 0.6) is 0 Å². The molecule has 2 aromatic rings. The van der Waals surface area contributed by atoms with Gasteiger partial charge in [0.05, 0.1) is 6.54 Å². The van der Waals surface area contributed by atoms with E-state index in [1.807, 2.05) is 73.0 Å². The van der Waals surface area contributed by atoms with Crippen molar-refractivity contribution in [2.75, 3.05) is 18.4 Å². The third kappa shape index (κ3) is 6.37. The molecule has 0 spiro atoms. The van der Waals surface area contributed by atoms with Crippen LogP contribution in [0.2, 0.25) is 0 Å². The van der Waals surface area contributed by atoms with Crippen LogP contribution in [0.4, 0.5) is 10.5 Å². The van der Waals surface area contributed by atoms with Crippen molar-refractivity contribution in [2.24, 2.45) is 7.05 Å². The minimum atomic E-state index is -0.242. The van der Waals surface area contributed by atoms with Crippen LogP contribution in [0.3, 0.4) is 0 Å². The number of urea groups is 1. The van der Waals surface area contributed by atoms with Crippen LogP contribution in [0.15, 0.2) is 42.6 Å². The van der Waals surface area contributed by atoms with Gasteiger partial charge in [-0.1, -0.05) is 38.5 Å². The van der Waals surface area contributed by atoms with Gasteiger partial charge in [0.2, 0.25) is 5.91 Å². The second-order valence-corrected chi connectivity index (χ2v) is 7.94. The number of nitrogens with zero attached hydrogens (tertiary/aromatic N) is 3. The Morgan fingerprint density at radius 3 is 2.43 bits per heavy atom. The maximum atomic E-state index is 13.2. The van der Waals surface area contributed by atoms with Gasteiger partial charge in [0.15, 0.2) is 0 Å². The van der Waals surface area contributed by atoms with Crippen molar-refractivity contribution >= 4 is 17.6 Å². The molecule has 6 nitrogen and oxygen atoms in total. The highest BCUT2D eigenvalue weighted by atomic mass is 16.2. The largest absolute Gasteiger partial charge is 0.353 e. The predicted molar refractivity (Wildman–Crippen MR) is 122 cm³/mol. The molecule has 3 amide bonds. The van der Waals surface area contributed by atoms with Crippen molar-refractivity contribution < 1.29 is 9.59 Å². The summed E-state index contributed by atoms with van der Waals surface area (Å²) in [5, 5.41) is 3.00. The Bertz CT molecular complexity index is 828. The van der Waals surface area contributed by atoms with Crippen molar-refractivity contribution in [3.05, 3.63) is 53.9 Å². The molecule has 0 radical (unpaired) electrons. The van der Waals surface area contributed by atoms with Crippen LogP contribution >= 0.6 is 0 Å². The van der Waals surface area contributed by atoms with Gasteiger partial charge in [-0.3, -0.25) is 4.79 Å². The van der Waals surface area contributed by atoms with Gasteiger partial charge < -0.3 is 19.7 Å². The van der Waals surface area contributed by atoms with E-state index in [2.05, 4.69) is 19.2 Å². The highest BCUT2D eigenvalue weighted by molar-refractivity contribution is 5.93. The van der Waals surface area contributed by atoms with Crippen molar-refractivity contribution in [1.29, 1.82) is 0 Å². The number of benzene rings is 1. The minimum absolute atomic E-state index is 0.0303. The molecule has 0 aliphatic rings. The summed E-state index contributed by atoms with van der Waals surface area (Å²) in [5.74, 6) is -0.0303.